The summed E-state index contributed by atoms with van der Waals surface area (Å²) in [6.07, 6.45) is 8.68. The van der Waals surface area contributed by atoms with Crippen molar-refractivity contribution in [1.29, 1.82) is 0 Å². The minimum Gasteiger partial charge on any atom is -0.352 e. The topological polar surface area (TPSA) is 53.2 Å². The van der Waals surface area contributed by atoms with Gasteiger partial charge in [0.05, 0.1) is 6.04 Å². The summed E-state index contributed by atoms with van der Waals surface area (Å²) in [5, 5.41) is 10.1. The summed E-state index contributed by atoms with van der Waals surface area (Å²) in [6.45, 7) is 5.30. The molecule has 1 amide bonds. The molecule has 110 valence electrons. The molecule has 2 aliphatic rings. The van der Waals surface area contributed by atoms with Crippen molar-refractivity contribution in [2.24, 2.45) is 0 Å². The molecule has 4 heteroatoms. The third-order valence-corrected chi connectivity index (χ3v) is 4.15. The molecule has 0 radical (unpaired) electrons. The Balaban J connectivity index is 1.66. The first-order valence-corrected chi connectivity index (χ1v) is 7.95. The molecule has 3 atom stereocenters. The zero-order valence-corrected chi connectivity index (χ0v) is 12.4. The van der Waals surface area contributed by atoms with Crippen molar-refractivity contribution >= 4 is 5.91 Å². The highest BCUT2D eigenvalue weighted by Gasteiger charge is 2.26. The lowest BCUT2D eigenvalue weighted by Crippen LogP contribution is -2.48. The van der Waals surface area contributed by atoms with E-state index in [0.717, 1.165) is 25.8 Å². The van der Waals surface area contributed by atoms with Crippen molar-refractivity contribution in [3.63, 3.8) is 0 Å². The number of carbonyl (C=O) groups is 1. The van der Waals surface area contributed by atoms with E-state index in [4.69, 9.17) is 0 Å². The van der Waals surface area contributed by atoms with Crippen molar-refractivity contribution in [3.05, 3.63) is 0 Å². The van der Waals surface area contributed by atoms with Gasteiger partial charge in [-0.2, -0.15) is 0 Å². The van der Waals surface area contributed by atoms with Crippen LogP contribution in [0.1, 0.15) is 58.8 Å². The van der Waals surface area contributed by atoms with Crippen molar-refractivity contribution in [2.75, 3.05) is 6.54 Å². The molecule has 1 aliphatic carbocycles. The number of nitrogens with one attached hydrogen (secondary N) is 3. The molecule has 1 heterocycles. The van der Waals surface area contributed by atoms with Crippen molar-refractivity contribution < 1.29 is 4.79 Å². The standard InChI is InChI=1S/C15H29N3O/c1-11(10-14-6-4-3-5-9-16-14)17-12(2)15(19)18-13-7-8-13/h11-14,16-17H,3-10H2,1-2H3,(H,18,19). The smallest absolute Gasteiger partial charge is 0.237 e. The lowest BCUT2D eigenvalue weighted by atomic mass is 10.0. The highest BCUT2D eigenvalue weighted by molar-refractivity contribution is 5.81. The first-order chi connectivity index (χ1) is 9.15. The van der Waals surface area contributed by atoms with E-state index in [-0.39, 0.29) is 11.9 Å². The highest BCUT2D eigenvalue weighted by Crippen LogP contribution is 2.18. The molecule has 1 saturated heterocycles. The normalized spacial score (nSPS) is 27.4. The van der Waals surface area contributed by atoms with Gasteiger partial charge in [0.15, 0.2) is 0 Å². The molecule has 4 nitrogen and oxygen atoms in total. The van der Waals surface area contributed by atoms with Crippen LogP contribution in [-0.2, 0) is 4.79 Å². The van der Waals surface area contributed by atoms with Crippen LogP contribution in [0.15, 0.2) is 0 Å². The molecule has 3 N–H and O–H groups in total. The lowest BCUT2D eigenvalue weighted by molar-refractivity contribution is -0.123. The SMILES string of the molecule is CC(CC1CCCCCN1)NC(C)C(=O)NC1CC1. The number of hydrogen-bond acceptors (Lipinski definition) is 3. The molecule has 19 heavy (non-hydrogen) atoms. The second kappa shape index (κ2) is 7.25. The third-order valence-electron chi connectivity index (χ3n) is 4.15. The van der Waals surface area contributed by atoms with Gasteiger partial charge in [0, 0.05) is 18.1 Å². The average molecular weight is 267 g/mol. The summed E-state index contributed by atoms with van der Waals surface area (Å²) in [5.41, 5.74) is 0. The molecule has 0 bridgehead atoms. The van der Waals surface area contributed by atoms with E-state index in [1.807, 2.05) is 6.92 Å². The second-order valence-electron chi connectivity index (χ2n) is 6.31. The van der Waals surface area contributed by atoms with Gasteiger partial charge in [-0.15, -0.1) is 0 Å². The van der Waals surface area contributed by atoms with E-state index < -0.39 is 0 Å². The molecule has 0 aromatic heterocycles. The van der Waals surface area contributed by atoms with Gasteiger partial charge in [-0.05, 0) is 52.5 Å². The van der Waals surface area contributed by atoms with Crippen LogP contribution in [0.4, 0.5) is 0 Å². The van der Waals surface area contributed by atoms with Gasteiger partial charge in [-0.1, -0.05) is 12.8 Å². The second-order valence-corrected chi connectivity index (χ2v) is 6.31. The summed E-state index contributed by atoms with van der Waals surface area (Å²) in [7, 11) is 0. The zero-order valence-electron chi connectivity index (χ0n) is 12.4. The Morgan fingerprint density at radius 2 is 2.00 bits per heavy atom. The van der Waals surface area contributed by atoms with Crippen molar-refractivity contribution in [2.45, 2.75) is 83.0 Å². The number of carbonyl (C=O) groups excluding carboxylic acids is 1. The van der Waals surface area contributed by atoms with Gasteiger partial charge in [0.2, 0.25) is 5.91 Å². The molecule has 2 rings (SSSR count). The van der Waals surface area contributed by atoms with Crippen LogP contribution in [0.2, 0.25) is 0 Å². The van der Waals surface area contributed by atoms with E-state index in [0.29, 0.717) is 18.1 Å². The van der Waals surface area contributed by atoms with E-state index in [9.17, 15) is 4.79 Å². The summed E-state index contributed by atoms with van der Waals surface area (Å²) in [6, 6.07) is 1.37. The fraction of sp³-hybridized carbons (Fsp3) is 0.933. The molecule has 0 spiro atoms. The van der Waals surface area contributed by atoms with Gasteiger partial charge < -0.3 is 16.0 Å². The van der Waals surface area contributed by atoms with Crippen LogP contribution >= 0.6 is 0 Å². The van der Waals surface area contributed by atoms with E-state index in [1.165, 1.54) is 25.7 Å². The van der Waals surface area contributed by atoms with E-state index in [1.54, 1.807) is 0 Å². The molecule has 2 fully saturated rings. The number of rotatable bonds is 6. The summed E-state index contributed by atoms with van der Waals surface area (Å²) >= 11 is 0. The first-order valence-electron chi connectivity index (χ1n) is 7.95. The van der Waals surface area contributed by atoms with Crippen LogP contribution in [0, 0.1) is 0 Å². The maximum absolute atomic E-state index is 11.9. The predicted octanol–water partition coefficient (Wildman–Crippen LogP) is 1.55. The monoisotopic (exact) mass is 267 g/mol. The summed E-state index contributed by atoms with van der Waals surface area (Å²) in [4.78, 5) is 11.9. The van der Waals surface area contributed by atoms with Gasteiger partial charge >= 0.3 is 0 Å². The number of amides is 1. The van der Waals surface area contributed by atoms with Crippen molar-refractivity contribution in [1.82, 2.24) is 16.0 Å². The Morgan fingerprint density at radius 3 is 2.74 bits per heavy atom. The molecule has 1 aliphatic heterocycles. The summed E-state index contributed by atoms with van der Waals surface area (Å²) in [5.74, 6) is 0.156. The molecule has 0 aromatic rings. The molecule has 0 aromatic carbocycles. The lowest BCUT2D eigenvalue weighted by Gasteiger charge is -2.24. The Morgan fingerprint density at radius 1 is 1.21 bits per heavy atom. The van der Waals surface area contributed by atoms with Crippen LogP contribution in [0.25, 0.3) is 0 Å². The zero-order chi connectivity index (χ0) is 13.7. The van der Waals surface area contributed by atoms with E-state index >= 15 is 0 Å². The van der Waals surface area contributed by atoms with Crippen LogP contribution in [0.5, 0.6) is 0 Å². The average Bonchev–Trinajstić information content (AvgIpc) is 3.16. The quantitative estimate of drug-likeness (QED) is 0.684. The number of hydrogen-bond donors (Lipinski definition) is 3. The van der Waals surface area contributed by atoms with Gasteiger partial charge in [0.25, 0.3) is 0 Å². The van der Waals surface area contributed by atoms with Crippen LogP contribution in [0.3, 0.4) is 0 Å². The Hall–Kier alpha value is -0.610. The van der Waals surface area contributed by atoms with Gasteiger partial charge in [0.1, 0.15) is 0 Å². The van der Waals surface area contributed by atoms with E-state index in [2.05, 4.69) is 22.9 Å². The summed E-state index contributed by atoms with van der Waals surface area (Å²) < 4.78 is 0. The van der Waals surface area contributed by atoms with Crippen LogP contribution < -0.4 is 16.0 Å². The highest BCUT2D eigenvalue weighted by atomic mass is 16.2. The third kappa shape index (κ3) is 5.49. The molecular weight excluding hydrogens is 238 g/mol. The Kier molecular flexibility index (Phi) is 5.64. The molecule has 3 unspecified atom stereocenters. The Bertz CT molecular complexity index is 283. The maximum Gasteiger partial charge on any atom is 0.237 e. The minimum atomic E-state index is -0.0821. The fourth-order valence-corrected chi connectivity index (χ4v) is 2.85. The predicted molar refractivity (Wildman–Crippen MR) is 78.1 cm³/mol. The maximum atomic E-state index is 11.9. The van der Waals surface area contributed by atoms with Gasteiger partial charge in [-0.3, -0.25) is 4.79 Å². The Labute approximate surface area is 117 Å². The van der Waals surface area contributed by atoms with Gasteiger partial charge in [-0.25, -0.2) is 0 Å². The minimum absolute atomic E-state index is 0.0821. The molecular formula is C15H29N3O. The first kappa shape index (κ1) is 14.8. The van der Waals surface area contributed by atoms with Crippen LogP contribution in [-0.4, -0.2) is 36.6 Å². The fourth-order valence-electron chi connectivity index (χ4n) is 2.85. The molecule has 1 saturated carbocycles. The largest absolute Gasteiger partial charge is 0.352 e. The van der Waals surface area contributed by atoms with Crippen molar-refractivity contribution in [3.8, 4) is 0 Å².